The Kier molecular flexibility index (Phi) is 7.63. The predicted octanol–water partition coefficient (Wildman–Crippen LogP) is 4.22. The number of amides is 1. The molecule has 4 rings (SSSR count). The number of benzene rings is 3. The molecule has 192 valence electrons. The van der Waals surface area contributed by atoms with E-state index in [2.05, 4.69) is 22.5 Å². The number of fused-ring (bicyclic) bond motifs is 1. The molecule has 0 bridgehead atoms. The number of hydrogen-bond donors (Lipinski definition) is 4. The molecule has 0 aliphatic heterocycles. The minimum absolute atomic E-state index is 0.0179. The first-order chi connectivity index (χ1) is 17.7. The molecule has 1 atom stereocenters. The molecule has 8 nitrogen and oxygen atoms in total. The van der Waals surface area contributed by atoms with Crippen LogP contribution in [0.25, 0.3) is 10.8 Å². The first kappa shape index (κ1) is 26.0. The van der Waals surface area contributed by atoms with Crippen LogP contribution in [-0.2, 0) is 27.6 Å². The van der Waals surface area contributed by atoms with Crippen LogP contribution in [0.5, 0.6) is 0 Å². The Morgan fingerprint density at radius 3 is 2.57 bits per heavy atom. The molecule has 0 aliphatic rings. The lowest BCUT2D eigenvalue weighted by Gasteiger charge is -2.21. The lowest BCUT2D eigenvalue weighted by atomic mass is 10.0. The predicted molar refractivity (Wildman–Crippen MR) is 149 cm³/mol. The van der Waals surface area contributed by atoms with Gasteiger partial charge in [-0.1, -0.05) is 38.1 Å². The third-order valence-electron chi connectivity index (χ3n) is 6.31. The van der Waals surface area contributed by atoms with Gasteiger partial charge in [0.15, 0.2) is 9.84 Å². The van der Waals surface area contributed by atoms with Gasteiger partial charge in [0.1, 0.15) is 11.9 Å². The second-order valence-corrected chi connectivity index (χ2v) is 11.0. The molecule has 1 amide bonds. The number of carbonyl (C=O) groups excluding carboxylic acids is 1. The summed E-state index contributed by atoms with van der Waals surface area (Å²) in [4.78, 5) is 17.9. The number of nitrogen functional groups attached to an aromatic ring is 2. The van der Waals surface area contributed by atoms with Gasteiger partial charge in [0.05, 0.1) is 10.6 Å². The number of rotatable bonds is 9. The van der Waals surface area contributed by atoms with Crippen molar-refractivity contribution in [2.45, 2.75) is 37.8 Å². The van der Waals surface area contributed by atoms with Gasteiger partial charge >= 0.3 is 0 Å². The molecule has 0 aliphatic carbocycles. The van der Waals surface area contributed by atoms with Gasteiger partial charge in [0.25, 0.3) is 0 Å². The SMILES string of the molecule is CCc1cccc(C(Nc2ccc3c(N)nccc3c2)C(=O)NCc2cc(N)ccc2S(=O)(=O)CC)c1. The van der Waals surface area contributed by atoms with Crippen molar-refractivity contribution < 1.29 is 13.2 Å². The molecule has 6 N–H and O–H groups in total. The first-order valence-corrected chi connectivity index (χ1v) is 13.8. The average molecular weight is 518 g/mol. The number of carbonyl (C=O) groups is 1. The molecule has 1 heterocycles. The maximum absolute atomic E-state index is 13.6. The van der Waals surface area contributed by atoms with Crippen LogP contribution in [0, 0.1) is 0 Å². The molecule has 0 radical (unpaired) electrons. The summed E-state index contributed by atoms with van der Waals surface area (Å²) in [5.74, 6) is 0.0900. The van der Waals surface area contributed by atoms with E-state index in [1.54, 1.807) is 25.3 Å². The number of anilines is 3. The van der Waals surface area contributed by atoms with Crippen molar-refractivity contribution >= 4 is 43.7 Å². The van der Waals surface area contributed by atoms with E-state index in [1.165, 1.54) is 6.07 Å². The molecule has 0 saturated carbocycles. The van der Waals surface area contributed by atoms with Gasteiger partial charge in [-0.25, -0.2) is 13.4 Å². The monoisotopic (exact) mass is 517 g/mol. The summed E-state index contributed by atoms with van der Waals surface area (Å²) in [6.07, 6.45) is 2.47. The van der Waals surface area contributed by atoms with Gasteiger partial charge in [-0.15, -0.1) is 0 Å². The summed E-state index contributed by atoms with van der Waals surface area (Å²) in [6.45, 7) is 3.66. The molecule has 9 heteroatoms. The smallest absolute Gasteiger partial charge is 0.247 e. The van der Waals surface area contributed by atoms with E-state index in [4.69, 9.17) is 11.5 Å². The fourth-order valence-electron chi connectivity index (χ4n) is 4.23. The van der Waals surface area contributed by atoms with Crippen molar-refractivity contribution in [3.63, 3.8) is 0 Å². The Morgan fingerprint density at radius 2 is 1.81 bits per heavy atom. The Labute approximate surface area is 217 Å². The maximum Gasteiger partial charge on any atom is 0.247 e. The lowest BCUT2D eigenvalue weighted by molar-refractivity contribution is -0.122. The lowest BCUT2D eigenvalue weighted by Crippen LogP contribution is -2.33. The van der Waals surface area contributed by atoms with Crippen LogP contribution < -0.4 is 22.1 Å². The maximum atomic E-state index is 13.6. The Balaban J connectivity index is 1.65. The van der Waals surface area contributed by atoms with Crippen LogP contribution >= 0.6 is 0 Å². The van der Waals surface area contributed by atoms with Gasteiger partial charge in [-0.3, -0.25) is 4.79 Å². The molecule has 37 heavy (non-hydrogen) atoms. The second kappa shape index (κ2) is 10.9. The van der Waals surface area contributed by atoms with Crippen molar-refractivity contribution in [3.05, 3.63) is 89.6 Å². The third-order valence-corrected chi connectivity index (χ3v) is 8.14. The molecule has 0 fully saturated rings. The molecule has 4 aromatic rings. The van der Waals surface area contributed by atoms with Crippen molar-refractivity contribution in [2.75, 3.05) is 22.5 Å². The number of hydrogen-bond acceptors (Lipinski definition) is 7. The number of sulfone groups is 1. The summed E-state index contributed by atoms with van der Waals surface area (Å²) < 4.78 is 25.2. The Bertz CT molecular complexity index is 1550. The summed E-state index contributed by atoms with van der Waals surface area (Å²) >= 11 is 0. The normalized spacial score (nSPS) is 12.3. The van der Waals surface area contributed by atoms with E-state index in [1.807, 2.05) is 48.5 Å². The van der Waals surface area contributed by atoms with E-state index in [0.29, 0.717) is 17.1 Å². The van der Waals surface area contributed by atoms with Crippen LogP contribution in [0.15, 0.2) is 77.8 Å². The summed E-state index contributed by atoms with van der Waals surface area (Å²) in [7, 11) is -3.49. The molecular weight excluding hydrogens is 486 g/mol. The highest BCUT2D eigenvalue weighted by Gasteiger charge is 2.23. The number of pyridine rings is 1. The molecular formula is C28H31N5O3S. The zero-order valence-electron chi connectivity index (χ0n) is 20.9. The minimum Gasteiger partial charge on any atom is -0.399 e. The first-order valence-electron chi connectivity index (χ1n) is 12.1. The molecule has 1 unspecified atom stereocenters. The Hall–Kier alpha value is -4.11. The summed E-state index contributed by atoms with van der Waals surface area (Å²) in [5.41, 5.74) is 15.4. The third kappa shape index (κ3) is 5.83. The minimum atomic E-state index is -3.49. The van der Waals surface area contributed by atoms with Crippen molar-refractivity contribution in [2.24, 2.45) is 0 Å². The molecule has 0 saturated heterocycles. The van der Waals surface area contributed by atoms with Crippen molar-refractivity contribution in [1.82, 2.24) is 10.3 Å². The number of aromatic nitrogens is 1. The quantitative estimate of drug-likeness (QED) is 0.244. The molecule has 3 aromatic carbocycles. The van der Waals surface area contributed by atoms with E-state index in [-0.39, 0.29) is 23.1 Å². The van der Waals surface area contributed by atoms with Crippen LogP contribution in [0.4, 0.5) is 17.2 Å². The molecule has 1 aromatic heterocycles. The number of nitrogens with two attached hydrogens (primary N) is 2. The van der Waals surface area contributed by atoms with Gasteiger partial charge in [-0.05, 0) is 71.0 Å². The van der Waals surface area contributed by atoms with E-state index in [0.717, 1.165) is 34.0 Å². The van der Waals surface area contributed by atoms with Crippen LogP contribution in [0.1, 0.15) is 36.6 Å². The van der Waals surface area contributed by atoms with Gasteiger partial charge < -0.3 is 22.1 Å². The standard InChI is InChI=1S/C28H31N5O3S/c1-3-18-6-5-7-20(14-18)26(33-23-9-10-24-19(16-23)12-13-31-27(24)30)28(34)32-17-21-15-22(29)8-11-25(21)37(35,36)4-2/h5-16,26,33H,3-4,17,29H2,1-2H3,(H2,30,31)(H,32,34). The summed E-state index contributed by atoms with van der Waals surface area (Å²) in [6, 6.07) is 19.2. The van der Waals surface area contributed by atoms with Crippen LogP contribution in [0.2, 0.25) is 0 Å². The zero-order chi connectivity index (χ0) is 26.6. The largest absolute Gasteiger partial charge is 0.399 e. The van der Waals surface area contributed by atoms with Crippen molar-refractivity contribution in [1.29, 1.82) is 0 Å². The number of nitrogens with zero attached hydrogens (tertiary/aromatic N) is 1. The van der Waals surface area contributed by atoms with Gasteiger partial charge in [-0.2, -0.15) is 0 Å². The number of nitrogens with one attached hydrogen (secondary N) is 2. The highest BCUT2D eigenvalue weighted by Crippen LogP contribution is 2.27. The fraction of sp³-hybridized carbons (Fsp3) is 0.214. The van der Waals surface area contributed by atoms with E-state index >= 15 is 0 Å². The zero-order valence-corrected chi connectivity index (χ0v) is 21.7. The van der Waals surface area contributed by atoms with Crippen molar-refractivity contribution in [3.8, 4) is 0 Å². The fourth-order valence-corrected chi connectivity index (χ4v) is 5.35. The highest BCUT2D eigenvalue weighted by atomic mass is 32.2. The van der Waals surface area contributed by atoms with Crippen LogP contribution in [-0.4, -0.2) is 25.1 Å². The average Bonchev–Trinajstić information content (AvgIpc) is 2.90. The highest BCUT2D eigenvalue weighted by molar-refractivity contribution is 7.91. The van der Waals surface area contributed by atoms with E-state index < -0.39 is 15.9 Å². The van der Waals surface area contributed by atoms with Crippen LogP contribution in [0.3, 0.4) is 0 Å². The summed E-state index contributed by atoms with van der Waals surface area (Å²) in [5, 5.41) is 7.98. The Morgan fingerprint density at radius 1 is 1.00 bits per heavy atom. The molecule has 0 spiro atoms. The van der Waals surface area contributed by atoms with Gasteiger partial charge in [0.2, 0.25) is 5.91 Å². The topological polar surface area (TPSA) is 140 Å². The second-order valence-electron chi connectivity index (χ2n) is 8.80. The van der Waals surface area contributed by atoms with E-state index in [9.17, 15) is 13.2 Å². The number of aryl methyl sites for hydroxylation is 1. The van der Waals surface area contributed by atoms with Gasteiger partial charge in [0, 0.05) is 29.5 Å².